The largest absolute Gasteiger partial charge is 0.374 e. The monoisotopic (exact) mass is 227 g/mol. The summed E-state index contributed by atoms with van der Waals surface area (Å²) in [5.41, 5.74) is 0. The summed E-state index contributed by atoms with van der Waals surface area (Å²) >= 11 is 0. The van der Waals surface area contributed by atoms with Crippen molar-refractivity contribution in [2.45, 2.75) is 25.0 Å². The smallest absolute Gasteiger partial charge is 0.0829 e. The lowest BCUT2D eigenvalue weighted by atomic mass is 10.0. The molecule has 0 aromatic carbocycles. The lowest BCUT2D eigenvalue weighted by Gasteiger charge is -2.37. The zero-order valence-corrected chi connectivity index (χ0v) is 10.6. The van der Waals surface area contributed by atoms with E-state index < -0.39 is 0 Å². The van der Waals surface area contributed by atoms with Crippen LogP contribution in [0.2, 0.25) is 0 Å². The van der Waals surface area contributed by atoms with Crippen LogP contribution in [0.4, 0.5) is 0 Å². The van der Waals surface area contributed by atoms with Gasteiger partial charge in [0.2, 0.25) is 0 Å². The molecular weight excluding hydrogens is 202 g/mol. The maximum Gasteiger partial charge on any atom is 0.0829 e. The summed E-state index contributed by atoms with van der Waals surface area (Å²) in [7, 11) is 4.25. The van der Waals surface area contributed by atoms with E-state index in [4.69, 9.17) is 4.74 Å². The minimum atomic E-state index is 0.421. The molecule has 0 aromatic rings. The van der Waals surface area contributed by atoms with Gasteiger partial charge >= 0.3 is 0 Å². The fourth-order valence-corrected chi connectivity index (χ4v) is 2.67. The van der Waals surface area contributed by atoms with Gasteiger partial charge in [0, 0.05) is 25.7 Å². The van der Waals surface area contributed by atoms with Gasteiger partial charge in [-0.1, -0.05) is 0 Å². The number of hydrogen-bond acceptors (Lipinski definition) is 4. The molecule has 2 fully saturated rings. The van der Waals surface area contributed by atoms with Crippen molar-refractivity contribution in [3.05, 3.63) is 0 Å². The molecule has 0 saturated carbocycles. The number of piperidine rings is 1. The first-order valence-corrected chi connectivity index (χ1v) is 6.47. The van der Waals surface area contributed by atoms with Crippen LogP contribution >= 0.6 is 0 Å². The summed E-state index contributed by atoms with van der Waals surface area (Å²) in [5.74, 6) is 0. The fourth-order valence-electron chi connectivity index (χ4n) is 2.67. The third kappa shape index (κ3) is 3.42. The van der Waals surface area contributed by atoms with Gasteiger partial charge in [-0.05, 0) is 40.0 Å². The second-order valence-electron chi connectivity index (χ2n) is 5.12. The molecule has 0 aromatic heterocycles. The molecule has 2 saturated heterocycles. The van der Waals surface area contributed by atoms with Crippen LogP contribution in [0.25, 0.3) is 0 Å². The summed E-state index contributed by atoms with van der Waals surface area (Å²) in [5, 5.41) is 3.37. The highest BCUT2D eigenvalue weighted by Crippen LogP contribution is 2.12. The maximum absolute atomic E-state index is 5.81. The van der Waals surface area contributed by atoms with Gasteiger partial charge in [-0.3, -0.25) is 0 Å². The molecule has 0 amide bonds. The number of rotatable bonds is 3. The zero-order valence-electron chi connectivity index (χ0n) is 10.6. The van der Waals surface area contributed by atoms with Gasteiger partial charge in [0.1, 0.15) is 0 Å². The van der Waals surface area contributed by atoms with Crippen LogP contribution < -0.4 is 5.32 Å². The molecule has 2 aliphatic heterocycles. The number of likely N-dealkylation sites (N-methyl/N-ethyl adjacent to an activating group) is 1. The zero-order chi connectivity index (χ0) is 11.4. The van der Waals surface area contributed by atoms with Crippen molar-refractivity contribution < 1.29 is 4.74 Å². The van der Waals surface area contributed by atoms with E-state index in [9.17, 15) is 0 Å². The van der Waals surface area contributed by atoms with Crippen LogP contribution in [0.1, 0.15) is 12.8 Å². The Morgan fingerprint density at radius 2 is 2.00 bits per heavy atom. The summed E-state index contributed by atoms with van der Waals surface area (Å²) < 4.78 is 5.81. The summed E-state index contributed by atoms with van der Waals surface area (Å²) in [6, 6.07) is 0.728. The van der Waals surface area contributed by atoms with E-state index in [1.54, 1.807) is 0 Å². The van der Waals surface area contributed by atoms with Crippen molar-refractivity contribution in [3.63, 3.8) is 0 Å². The predicted molar refractivity (Wildman–Crippen MR) is 65.8 cm³/mol. The first kappa shape index (κ1) is 12.3. The quantitative estimate of drug-likeness (QED) is 0.734. The van der Waals surface area contributed by atoms with E-state index in [0.717, 1.165) is 32.3 Å². The molecular formula is C12H25N3O. The van der Waals surface area contributed by atoms with Gasteiger partial charge in [0.25, 0.3) is 0 Å². The van der Waals surface area contributed by atoms with Crippen molar-refractivity contribution in [1.29, 1.82) is 0 Å². The van der Waals surface area contributed by atoms with E-state index in [-0.39, 0.29) is 0 Å². The first-order chi connectivity index (χ1) is 7.78. The van der Waals surface area contributed by atoms with Gasteiger partial charge in [-0.2, -0.15) is 0 Å². The highest BCUT2D eigenvalue weighted by atomic mass is 16.5. The number of nitrogens with one attached hydrogen (secondary N) is 1. The van der Waals surface area contributed by atoms with Gasteiger partial charge in [-0.25, -0.2) is 0 Å². The van der Waals surface area contributed by atoms with Crippen LogP contribution in [-0.4, -0.2) is 75.4 Å². The molecule has 1 unspecified atom stereocenters. The number of nitrogens with zero attached hydrogens (tertiary/aromatic N) is 2. The molecule has 16 heavy (non-hydrogen) atoms. The van der Waals surface area contributed by atoms with E-state index >= 15 is 0 Å². The fraction of sp³-hybridized carbons (Fsp3) is 1.00. The highest BCUT2D eigenvalue weighted by Gasteiger charge is 2.23. The van der Waals surface area contributed by atoms with Gasteiger partial charge in [-0.15, -0.1) is 0 Å². The Morgan fingerprint density at radius 3 is 2.62 bits per heavy atom. The Balaban J connectivity index is 1.69. The molecule has 2 aliphatic rings. The highest BCUT2D eigenvalue weighted by molar-refractivity contribution is 4.79. The minimum Gasteiger partial charge on any atom is -0.374 e. The third-order valence-electron chi connectivity index (χ3n) is 3.80. The Labute approximate surface area is 98.9 Å². The van der Waals surface area contributed by atoms with Crippen LogP contribution in [0, 0.1) is 0 Å². The molecule has 2 rings (SSSR count). The van der Waals surface area contributed by atoms with Crippen molar-refractivity contribution >= 4 is 0 Å². The SMILES string of the molecule is CNC1CCN(CC2CN(C)CCO2)CC1. The molecule has 0 spiro atoms. The third-order valence-corrected chi connectivity index (χ3v) is 3.80. The Kier molecular flexibility index (Phi) is 4.58. The van der Waals surface area contributed by atoms with E-state index in [1.165, 1.54) is 25.9 Å². The predicted octanol–water partition coefficient (Wildman–Crippen LogP) is 0.000800. The molecule has 1 N–H and O–H groups in total. The number of likely N-dealkylation sites (tertiary alicyclic amines) is 1. The number of morpholine rings is 1. The van der Waals surface area contributed by atoms with Crippen LogP contribution in [0.5, 0.6) is 0 Å². The minimum absolute atomic E-state index is 0.421. The number of hydrogen-bond donors (Lipinski definition) is 1. The second kappa shape index (κ2) is 5.96. The van der Waals surface area contributed by atoms with Crippen molar-refractivity contribution in [3.8, 4) is 0 Å². The first-order valence-electron chi connectivity index (χ1n) is 6.47. The maximum atomic E-state index is 5.81. The van der Waals surface area contributed by atoms with Gasteiger partial charge in [0.05, 0.1) is 12.7 Å². The average Bonchev–Trinajstić information content (AvgIpc) is 2.30. The molecule has 94 valence electrons. The van der Waals surface area contributed by atoms with Gasteiger partial charge in [0.15, 0.2) is 0 Å². The van der Waals surface area contributed by atoms with E-state index in [1.807, 2.05) is 0 Å². The molecule has 1 atom stereocenters. The second-order valence-corrected chi connectivity index (χ2v) is 5.12. The molecule has 0 radical (unpaired) electrons. The lowest BCUT2D eigenvalue weighted by molar-refractivity contribution is -0.0384. The van der Waals surface area contributed by atoms with Crippen molar-refractivity contribution in [2.24, 2.45) is 0 Å². The summed E-state index contributed by atoms with van der Waals surface area (Å²) in [6.07, 6.45) is 2.97. The van der Waals surface area contributed by atoms with E-state index in [2.05, 4.69) is 29.2 Å². The van der Waals surface area contributed by atoms with Gasteiger partial charge < -0.3 is 19.9 Å². The Hall–Kier alpha value is -0.160. The van der Waals surface area contributed by atoms with Crippen LogP contribution in [0.15, 0.2) is 0 Å². The molecule has 0 bridgehead atoms. The Morgan fingerprint density at radius 1 is 1.25 bits per heavy atom. The average molecular weight is 227 g/mol. The molecule has 0 aliphatic carbocycles. The number of ether oxygens (including phenoxy) is 1. The van der Waals surface area contributed by atoms with E-state index in [0.29, 0.717) is 6.10 Å². The molecule has 4 nitrogen and oxygen atoms in total. The molecule has 4 heteroatoms. The van der Waals surface area contributed by atoms with Crippen LogP contribution in [-0.2, 0) is 4.74 Å². The standard InChI is InChI=1S/C12H25N3O/c1-13-11-3-5-15(6-4-11)10-12-9-14(2)7-8-16-12/h11-13H,3-10H2,1-2H3. The Bertz CT molecular complexity index is 204. The van der Waals surface area contributed by atoms with Crippen LogP contribution in [0.3, 0.4) is 0 Å². The van der Waals surface area contributed by atoms with Crippen molar-refractivity contribution in [2.75, 3.05) is 53.4 Å². The summed E-state index contributed by atoms with van der Waals surface area (Å²) in [4.78, 5) is 4.92. The molecule has 2 heterocycles. The normalized spacial score (nSPS) is 30.8. The van der Waals surface area contributed by atoms with Crippen molar-refractivity contribution in [1.82, 2.24) is 15.1 Å². The summed E-state index contributed by atoms with van der Waals surface area (Å²) in [6.45, 7) is 6.61. The topological polar surface area (TPSA) is 27.7 Å². The lowest BCUT2D eigenvalue weighted by Crippen LogP contribution is -2.49.